The first-order chi connectivity index (χ1) is 20.6. The van der Waals surface area contributed by atoms with Gasteiger partial charge in [-0.25, -0.2) is 4.98 Å². The molecule has 0 atom stereocenters. The highest BCUT2D eigenvalue weighted by Gasteiger charge is 2.22. The minimum absolute atomic E-state index is 0.0566. The van der Waals surface area contributed by atoms with Crippen molar-refractivity contribution < 1.29 is 33.7 Å². The Bertz CT molecular complexity index is 1350. The van der Waals surface area contributed by atoms with Gasteiger partial charge in [0.25, 0.3) is 0 Å². The van der Waals surface area contributed by atoms with Gasteiger partial charge in [-0.3, -0.25) is 24.1 Å². The number of benzene rings is 2. The average Bonchev–Trinajstić information content (AvgIpc) is 3.38. The number of para-hydroxylation sites is 1. The third kappa shape index (κ3) is 10.4. The lowest BCUT2D eigenvalue weighted by molar-refractivity contribution is -0.217. The Hall–Kier alpha value is -3.95. The van der Waals surface area contributed by atoms with Gasteiger partial charge in [-0.2, -0.15) is 0 Å². The van der Waals surface area contributed by atoms with E-state index in [0.29, 0.717) is 31.9 Å². The Morgan fingerprint density at radius 2 is 1.21 bits per heavy atom. The highest BCUT2D eigenvalue weighted by molar-refractivity contribution is 7.21. The highest BCUT2D eigenvalue weighted by atomic mass is 32.1. The molecule has 0 spiro atoms. The average molecular weight is 613 g/mol. The van der Waals surface area contributed by atoms with Crippen LogP contribution in [0.25, 0.3) is 20.8 Å². The molecular formula is C29H36N6O7S. The van der Waals surface area contributed by atoms with E-state index in [9.17, 15) is 19.2 Å². The number of nitrogens with one attached hydrogen (secondary N) is 1. The van der Waals surface area contributed by atoms with Crippen LogP contribution in [0, 0.1) is 0 Å². The van der Waals surface area contributed by atoms with Gasteiger partial charge in [0.05, 0.1) is 42.9 Å². The molecule has 0 aliphatic carbocycles. The molecule has 1 N–H and O–H groups in total. The molecule has 1 aromatic heterocycles. The van der Waals surface area contributed by atoms with Crippen molar-refractivity contribution >= 4 is 51.1 Å². The van der Waals surface area contributed by atoms with Crippen molar-refractivity contribution in [2.24, 2.45) is 0 Å². The van der Waals surface area contributed by atoms with Crippen LogP contribution in [0.1, 0.15) is 20.8 Å². The zero-order valence-corrected chi connectivity index (χ0v) is 25.3. The van der Waals surface area contributed by atoms with E-state index >= 15 is 0 Å². The first-order valence-corrected chi connectivity index (χ1v) is 14.7. The van der Waals surface area contributed by atoms with Crippen LogP contribution in [0.15, 0.2) is 48.5 Å². The number of rotatable bonds is 7. The molecule has 14 heteroatoms. The van der Waals surface area contributed by atoms with Crippen molar-refractivity contribution in [3.8, 4) is 10.6 Å². The van der Waals surface area contributed by atoms with E-state index < -0.39 is 17.9 Å². The molecule has 3 aromatic rings. The molecule has 4 rings (SSSR count). The van der Waals surface area contributed by atoms with Gasteiger partial charge in [0.15, 0.2) is 0 Å². The summed E-state index contributed by atoms with van der Waals surface area (Å²) in [5, 5.41) is 8.25. The third-order valence-corrected chi connectivity index (χ3v) is 7.46. The van der Waals surface area contributed by atoms with E-state index in [1.807, 2.05) is 53.4 Å². The lowest BCUT2D eigenvalue weighted by Gasteiger charge is -2.31. The zero-order valence-electron chi connectivity index (χ0n) is 24.5. The predicted octanol–water partition coefficient (Wildman–Crippen LogP) is 2.56. The predicted molar refractivity (Wildman–Crippen MR) is 160 cm³/mol. The van der Waals surface area contributed by atoms with Crippen molar-refractivity contribution in [3.63, 3.8) is 0 Å². The summed E-state index contributed by atoms with van der Waals surface area (Å²) in [6.07, 6.45) is 0. The number of nitrogens with zero attached hydrogens (tertiary/aromatic N) is 5. The lowest BCUT2D eigenvalue weighted by Crippen LogP contribution is -2.48. The van der Waals surface area contributed by atoms with E-state index in [1.165, 1.54) is 36.0 Å². The van der Waals surface area contributed by atoms with Gasteiger partial charge in [0, 0.05) is 58.2 Å². The quantitative estimate of drug-likeness (QED) is 0.420. The molecule has 0 bridgehead atoms. The van der Waals surface area contributed by atoms with Crippen LogP contribution in [-0.4, -0.2) is 108 Å². The molecule has 43 heavy (non-hydrogen) atoms. The zero-order chi connectivity index (χ0) is 30.8. The fraction of sp³-hybridized carbons (Fsp3) is 0.414. The van der Waals surface area contributed by atoms with Crippen LogP contribution < -0.4 is 5.32 Å². The number of anilines is 1. The second-order valence-corrected chi connectivity index (χ2v) is 11.0. The summed E-state index contributed by atoms with van der Waals surface area (Å²) in [4.78, 5) is 70.7. The SMILES string of the molecule is CC(=O)ON1CCN(CC(=O)Nc2ccc(-c3nc4ccccc4s3)cc2)CCN(OC(C)=O)CCN(OC(C)=O)CC1. The number of amides is 1. The Labute approximate surface area is 253 Å². The number of aromatic nitrogens is 1. The Morgan fingerprint density at radius 1 is 0.721 bits per heavy atom. The van der Waals surface area contributed by atoms with Gasteiger partial charge in [-0.15, -0.1) is 26.5 Å². The van der Waals surface area contributed by atoms with Crippen LogP contribution in [0.3, 0.4) is 0 Å². The number of fused-ring (bicyclic) bond motifs is 1. The molecule has 1 amide bonds. The first kappa shape index (κ1) is 32.0. The van der Waals surface area contributed by atoms with Crippen LogP contribution >= 0.6 is 11.3 Å². The Balaban J connectivity index is 1.41. The molecule has 2 heterocycles. The monoisotopic (exact) mass is 612 g/mol. The second-order valence-electron chi connectivity index (χ2n) is 9.92. The molecule has 230 valence electrons. The number of hydroxylamine groups is 6. The molecule has 1 aliphatic heterocycles. The molecule has 2 aromatic carbocycles. The van der Waals surface area contributed by atoms with Crippen LogP contribution in [0.5, 0.6) is 0 Å². The summed E-state index contributed by atoms with van der Waals surface area (Å²) in [6.45, 7) is 6.30. The van der Waals surface area contributed by atoms with E-state index in [0.717, 1.165) is 20.8 Å². The minimum atomic E-state index is -0.492. The summed E-state index contributed by atoms with van der Waals surface area (Å²) in [6, 6.07) is 15.5. The van der Waals surface area contributed by atoms with E-state index in [1.54, 1.807) is 11.3 Å². The van der Waals surface area contributed by atoms with Crippen LogP contribution in [0.4, 0.5) is 5.69 Å². The first-order valence-electron chi connectivity index (χ1n) is 13.9. The smallest absolute Gasteiger partial charge is 0.322 e. The number of hydrogen-bond acceptors (Lipinski definition) is 13. The molecule has 1 saturated heterocycles. The lowest BCUT2D eigenvalue weighted by atomic mass is 10.2. The normalized spacial score (nSPS) is 16.5. The molecular weight excluding hydrogens is 576 g/mol. The van der Waals surface area contributed by atoms with Crippen molar-refractivity contribution in [2.75, 3.05) is 64.2 Å². The van der Waals surface area contributed by atoms with E-state index in [4.69, 9.17) is 14.5 Å². The summed E-state index contributed by atoms with van der Waals surface area (Å²) in [5.74, 6) is -1.68. The maximum atomic E-state index is 13.1. The van der Waals surface area contributed by atoms with Crippen LogP contribution in [0.2, 0.25) is 0 Å². The number of carbonyl (C=O) groups is 4. The molecule has 13 nitrogen and oxygen atoms in total. The van der Waals surface area contributed by atoms with Gasteiger partial charge in [-0.05, 0) is 36.4 Å². The summed E-state index contributed by atoms with van der Waals surface area (Å²) in [5.41, 5.74) is 2.57. The van der Waals surface area contributed by atoms with Crippen molar-refractivity contribution in [3.05, 3.63) is 48.5 Å². The minimum Gasteiger partial charge on any atom is -0.368 e. The molecule has 1 aliphatic rings. The van der Waals surface area contributed by atoms with Gasteiger partial charge in [-0.1, -0.05) is 12.1 Å². The van der Waals surface area contributed by atoms with Gasteiger partial charge in [0.1, 0.15) is 5.01 Å². The fourth-order valence-electron chi connectivity index (χ4n) is 4.47. The summed E-state index contributed by atoms with van der Waals surface area (Å²) < 4.78 is 1.11. The molecule has 1 fully saturated rings. The Morgan fingerprint density at radius 3 is 1.70 bits per heavy atom. The molecule has 0 radical (unpaired) electrons. The maximum absolute atomic E-state index is 13.1. The number of thiazole rings is 1. The van der Waals surface area contributed by atoms with Crippen molar-refractivity contribution in [2.45, 2.75) is 20.8 Å². The van der Waals surface area contributed by atoms with Crippen molar-refractivity contribution in [1.82, 2.24) is 25.1 Å². The summed E-state index contributed by atoms with van der Waals surface area (Å²) >= 11 is 1.61. The van der Waals surface area contributed by atoms with Gasteiger partial charge < -0.3 is 19.8 Å². The number of hydrogen-bond donors (Lipinski definition) is 1. The summed E-state index contributed by atoms with van der Waals surface area (Å²) in [7, 11) is 0. The maximum Gasteiger partial charge on any atom is 0.322 e. The van der Waals surface area contributed by atoms with Gasteiger partial charge >= 0.3 is 17.9 Å². The highest BCUT2D eigenvalue weighted by Crippen LogP contribution is 2.30. The van der Waals surface area contributed by atoms with E-state index in [2.05, 4.69) is 10.3 Å². The third-order valence-electron chi connectivity index (χ3n) is 6.38. The van der Waals surface area contributed by atoms with Crippen molar-refractivity contribution in [1.29, 1.82) is 0 Å². The molecule has 0 unspecified atom stereocenters. The Kier molecular flexibility index (Phi) is 11.5. The fourth-order valence-corrected chi connectivity index (χ4v) is 5.44. The number of carbonyl (C=O) groups excluding carboxylic acids is 4. The van der Waals surface area contributed by atoms with Crippen LogP contribution in [-0.2, 0) is 33.7 Å². The standard InChI is InChI=1S/C29H36N6O7S/c1-21(36)40-33-14-12-32(13-15-34(41-22(2)37)17-19-35(18-16-33)42-23(3)38)20-28(39)30-25-10-8-24(9-11-25)29-31-26-6-4-5-7-27(26)43-29/h4-11H,12-20H2,1-3H3,(H,30,39). The topological polar surface area (TPSA) is 134 Å². The largest absolute Gasteiger partial charge is 0.368 e. The molecule has 0 saturated carbocycles. The van der Waals surface area contributed by atoms with Gasteiger partial charge in [0.2, 0.25) is 5.91 Å². The van der Waals surface area contributed by atoms with E-state index in [-0.39, 0.29) is 38.6 Å². The second kappa shape index (κ2) is 15.5.